The third kappa shape index (κ3) is 3.90. The van der Waals surface area contributed by atoms with Gasteiger partial charge in [-0.3, -0.25) is 4.79 Å². The molecule has 0 saturated carbocycles. The van der Waals surface area contributed by atoms with E-state index >= 15 is 0 Å². The van der Waals surface area contributed by atoms with Crippen LogP contribution < -0.4 is 10.4 Å². The summed E-state index contributed by atoms with van der Waals surface area (Å²) in [5, 5.41) is 12.4. The van der Waals surface area contributed by atoms with Gasteiger partial charge in [-0.05, 0) is 27.4 Å². The van der Waals surface area contributed by atoms with Crippen LogP contribution in [0.3, 0.4) is 0 Å². The Kier molecular flexibility index (Phi) is 6.18. The molecule has 1 aliphatic rings. The van der Waals surface area contributed by atoms with Crippen molar-refractivity contribution < 1.29 is 19.1 Å². The van der Waals surface area contributed by atoms with Crippen LogP contribution in [0.25, 0.3) is 10.9 Å². The maximum Gasteiger partial charge on any atom is 0.377 e. The summed E-state index contributed by atoms with van der Waals surface area (Å²) in [6, 6.07) is 27.1. The molecule has 0 fully saturated rings. The molecular weight excluding hydrogens is 466 g/mol. The van der Waals surface area contributed by atoms with E-state index in [0.717, 1.165) is 24.0 Å². The summed E-state index contributed by atoms with van der Waals surface area (Å²) in [5.74, 6) is -2.14. The van der Waals surface area contributed by atoms with Gasteiger partial charge in [0.05, 0.1) is 11.1 Å². The number of hydrogen-bond acceptors (Lipinski definition) is 3. The van der Waals surface area contributed by atoms with Crippen molar-refractivity contribution in [3.8, 4) is 0 Å². The number of aryl methyl sites for hydroxylation is 1. The first-order chi connectivity index (χ1) is 17.2. The van der Waals surface area contributed by atoms with Crippen LogP contribution in [0.4, 0.5) is 0 Å². The van der Waals surface area contributed by atoms with Crippen molar-refractivity contribution in [2.75, 3.05) is 6.61 Å². The van der Waals surface area contributed by atoms with Crippen molar-refractivity contribution in [2.24, 2.45) is 0 Å². The second-order valence-corrected chi connectivity index (χ2v) is 14.9. The third-order valence-electron chi connectivity index (χ3n) is 7.44. The molecule has 1 N–H and O–H groups in total. The highest BCUT2D eigenvalue weighted by Crippen LogP contribution is 2.40. The Labute approximate surface area is 212 Å². The molecule has 4 aromatic rings. The molecule has 5 rings (SSSR count). The van der Waals surface area contributed by atoms with E-state index in [1.54, 1.807) is 6.20 Å². The summed E-state index contributed by atoms with van der Waals surface area (Å²) in [7, 11) is -2.67. The van der Waals surface area contributed by atoms with Crippen LogP contribution in [0.5, 0.6) is 0 Å². The van der Waals surface area contributed by atoms with Crippen molar-refractivity contribution in [3.63, 3.8) is 0 Å². The zero-order chi connectivity index (χ0) is 25.5. The lowest BCUT2D eigenvalue weighted by Crippen LogP contribution is -2.66. The molecule has 0 bridgehead atoms. The van der Waals surface area contributed by atoms with Gasteiger partial charge in [0, 0.05) is 30.7 Å². The number of carbonyl (C=O) groups excluding carboxylic acids is 1. The number of nitrogens with zero attached hydrogens (tertiary/aromatic N) is 1. The monoisotopic (exact) mass is 497 g/mol. The lowest BCUT2D eigenvalue weighted by atomic mass is 9.91. The zero-order valence-electron chi connectivity index (χ0n) is 20.9. The highest BCUT2D eigenvalue weighted by Gasteiger charge is 2.50. The molecule has 1 unspecified atom stereocenters. The second kappa shape index (κ2) is 9.19. The fraction of sp³-hybridized carbons (Fsp3) is 0.267. The van der Waals surface area contributed by atoms with Gasteiger partial charge in [-0.25, -0.2) is 4.79 Å². The van der Waals surface area contributed by atoms with Crippen molar-refractivity contribution >= 4 is 41.3 Å². The lowest BCUT2D eigenvalue weighted by molar-refractivity contribution is -0.131. The van der Waals surface area contributed by atoms with E-state index < -0.39 is 20.1 Å². The molecule has 3 aromatic carbocycles. The molecule has 2 heterocycles. The Balaban J connectivity index is 1.57. The van der Waals surface area contributed by atoms with Gasteiger partial charge in [0.15, 0.2) is 0 Å². The second-order valence-electron chi connectivity index (χ2n) is 10.6. The fourth-order valence-electron chi connectivity index (χ4n) is 5.80. The smallest absolute Gasteiger partial charge is 0.377 e. The number of rotatable bonds is 7. The van der Waals surface area contributed by atoms with E-state index in [1.165, 1.54) is 10.4 Å². The number of Topliss-reactive ketones (excluding diaryl/α,β-unsaturated/α-hetero) is 1. The first-order valence-electron chi connectivity index (χ1n) is 12.4. The normalized spacial score (nSPS) is 15.7. The van der Waals surface area contributed by atoms with Crippen molar-refractivity contribution in [3.05, 3.63) is 96.2 Å². The predicted octanol–water partition coefficient (Wildman–Crippen LogP) is 4.97. The highest BCUT2D eigenvalue weighted by molar-refractivity contribution is 6.99. The molecule has 0 aliphatic carbocycles. The number of aliphatic carboxylic acids is 1. The lowest BCUT2D eigenvalue weighted by Gasteiger charge is -2.44. The van der Waals surface area contributed by atoms with Crippen molar-refractivity contribution in [1.29, 1.82) is 0 Å². The number of carbonyl (C=O) groups is 2. The van der Waals surface area contributed by atoms with Crippen molar-refractivity contribution in [2.45, 2.75) is 44.7 Å². The Morgan fingerprint density at radius 2 is 1.56 bits per heavy atom. The van der Waals surface area contributed by atoms with E-state index in [2.05, 4.69) is 75.4 Å². The molecule has 1 atom stereocenters. The van der Waals surface area contributed by atoms with E-state index in [1.807, 2.05) is 28.8 Å². The SMILES string of the molecule is CC(C)(C)[Si](OCC1CCn2cc(C(=O)C(=O)O)c3cccc1c32)(c1ccccc1)c1ccccc1. The van der Waals surface area contributed by atoms with Gasteiger partial charge in [-0.2, -0.15) is 0 Å². The molecule has 0 amide bonds. The number of carboxylic acids is 1. The molecule has 6 heteroatoms. The molecule has 5 nitrogen and oxygen atoms in total. The van der Waals surface area contributed by atoms with Crippen LogP contribution in [-0.2, 0) is 15.8 Å². The van der Waals surface area contributed by atoms with Gasteiger partial charge >= 0.3 is 5.97 Å². The van der Waals surface area contributed by atoms with Crippen LogP contribution in [0.2, 0.25) is 5.04 Å². The Morgan fingerprint density at radius 1 is 0.944 bits per heavy atom. The third-order valence-corrected chi connectivity index (χ3v) is 12.4. The standard InChI is InChI=1S/C30H31NO4Si/c1-30(2,3)36(22-11-6-4-7-12-22,23-13-8-5-9-14-23)35-20-21-17-18-31-19-26(28(32)29(33)34)25-16-10-15-24(21)27(25)31/h4-16,19,21H,17-18,20H2,1-3H3,(H,33,34). The van der Waals surface area contributed by atoms with E-state index in [-0.39, 0.29) is 16.5 Å². The average Bonchev–Trinajstić information content (AvgIpc) is 3.25. The van der Waals surface area contributed by atoms with Gasteiger partial charge in [0.2, 0.25) is 0 Å². The largest absolute Gasteiger partial charge is 0.475 e. The number of para-hydroxylation sites is 1. The maximum atomic E-state index is 12.4. The molecule has 0 spiro atoms. The van der Waals surface area contributed by atoms with Crippen LogP contribution in [0, 0.1) is 0 Å². The molecule has 0 saturated heterocycles. The van der Waals surface area contributed by atoms with Crippen LogP contribution in [0.15, 0.2) is 85.1 Å². The van der Waals surface area contributed by atoms with Crippen LogP contribution in [-0.4, -0.2) is 36.4 Å². The molecule has 0 radical (unpaired) electrons. The van der Waals surface area contributed by atoms with Gasteiger partial charge in [-0.15, -0.1) is 0 Å². The van der Waals surface area contributed by atoms with Gasteiger partial charge < -0.3 is 14.1 Å². The molecule has 1 aromatic heterocycles. The molecular formula is C30H31NO4Si. The highest BCUT2D eigenvalue weighted by atomic mass is 28.4. The summed E-state index contributed by atoms with van der Waals surface area (Å²) < 4.78 is 9.24. The minimum Gasteiger partial charge on any atom is -0.475 e. The first kappa shape index (κ1) is 24.2. The van der Waals surface area contributed by atoms with E-state index in [9.17, 15) is 14.7 Å². The Bertz CT molecular complexity index is 1380. The first-order valence-corrected chi connectivity index (χ1v) is 14.3. The van der Waals surface area contributed by atoms with Crippen molar-refractivity contribution in [1.82, 2.24) is 4.57 Å². The maximum absolute atomic E-state index is 12.4. The minimum atomic E-state index is -2.67. The van der Waals surface area contributed by atoms with Gasteiger partial charge in [0.25, 0.3) is 14.1 Å². The topological polar surface area (TPSA) is 68.5 Å². The zero-order valence-corrected chi connectivity index (χ0v) is 21.9. The summed E-state index contributed by atoms with van der Waals surface area (Å²) in [4.78, 5) is 23.8. The quantitative estimate of drug-likeness (QED) is 0.222. The fourth-order valence-corrected chi connectivity index (χ4v) is 10.4. The number of carboxylic acid groups (broad SMARTS) is 1. The molecule has 184 valence electrons. The van der Waals surface area contributed by atoms with E-state index in [0.29, 0.717) is 12.0 Å². The minimum absolute atomic E-state index is 0.113. The summed E-state index contributed by atoms with van der Waals surface area (Å²) in [6.45, 7) is 8.09. The number of benzene rings is 3. The van der Waals surface area contributed by atoms with Gasteiger partial charge in [0.1, 0.15) is 0 Å². The van der Waals surface area contributed by atoms with Crippen LogP contribution in [0.1, 0.15) is 49.0 Å². The summed E-state index contributed by atoms with van der Waals surface area (Å²) >= 11 is 0. The summed E-state index contributed by atoms with van der Waals surface area (Å²) in [5.41, 5.74) is 2.32. The number of aromatic nitrogens is 1. The average molecular weight is 498 g/mol. The van der Waals surface area contributed by atoms with Crippen LogP contribution >= 0.6 is 0 Å². The summed E-state index contributed by atoms with van der Waals surface area (Å²) in [6.07, 6.45) is 2.56. The Hall–Kier alpha value is -3.48. The molecule has 36 heavy (non-hydrogen) atoms. The Morgan fingerprint density at radius 3 is 2.11 bits per heavy atom. The number of ketones is 1. The predicted molar refractivity (Wildman–Crippen MR) is 145 cm³/mol. The van der Waals surface area contributed by atoms with Gasteiger partial charge in [-0.1, -0.05) is 99.6 Å². The molecule has 1 aliphatic heterocycles. The van der Waals surface area contributed by atoms with E-state index in [4.69, 9.17) is 4.43 Å². The number of hydrogen-bond donors (Lipinski definition) is 1.